The quantitative estimate of drug-likeness (QED) is 0.687. The Balaban J connectivity index is 1.94. The van der Waals surface area contributed by atoms with Crippen molar-refractivity contribution in [1.29, 1.82) is 0 Å². The normalized spacial score (nSPS) is 22.7. The number of imide groups is 1. The maximum absolute atomic E-state index is 12.1. The van der Waals surface area contributed by atoms with E-state index in [1.165, 1.54) is 11.9 Å². The fourth-order valence-corrected chi connectivity index (χ4v) is 2.26. The Labute approximate surface area is 129 Å². The van der Waals surface area contributed by atoms with Gasteiger partial charge in [0.25, 0.3) is 5.91 Å². The van der Waals surface area contributed by atoms with Gasteiger partial charge in [-0.05, 0) is 20.8 Å². The lowest BCUT2D eigenvalue weighted by Crippen LogP contribution is -2.50. The van der Waals surface area contributed by atoms with E-state index in [0.29, 0.717) is 18.9 Å². The summed E-state index contributed by atoms with van der Waals surface area (Å²) in [4.78, 5) is 42.4. The minimum Gasteiger partial charge on any atom is -0.444 e. The molecule has 2 rings (SSSR count). The first-order valence-corrected chi connectivity index (χ1v) is 7.25. The van der Waals surface area contributed by atoms with E-state index in [0.717, 1.165) is 4.90 Å². The maximum Gasteiger partial charge on any atom is 0.410 e. The summed E-state index contributed by atoms with van der Waals surface area (Å²) in [6.45, 7) is 6.57. The summed E-state index contributed by atoms with van der Waals surface area (Å²) >= 11 is 0. The molecule has 3 amide bonds. The fraction of sp³-hybridized carbons (Fsp3) is 0.714. The van der Waals surface area contributed by atoms with Crippen LogP contribution in [0.2, 0.25) is 0 Å². The number of likely N-dealkylation sites (N-methyl/N-ethyl adjacent to an activating group) is 1. The number of likely N-dealkylation sites (tertiary alicyclic amines) is 1. The second-order valence-corrected chi connectivity index (χ2v) is 6.42. The minimum absolute atomic E-state index is 0.112. The number of hydrogen-bond acceptors (Lipinski definition) is 6. The summed E-state index contributed by atoms with van der Waals surface area (Å²) in [6.07, 6.45) is -0.298. The van der Waals surface area contributed by atoms with Crippen molar-refractivity contribution in [1.82, 2.24) is 15.1 Å². The summed E-state index contributed by atoms with van der Waals surface area (Å²) in [7, 11) is 1.46. The number of nitrogens with zero attached hydrogens (tertiary/aromatic N) is 3. The number of amidine groups is 1. The molecule has 2 aliphatic rings. The first-order chi connectivity index (χ1) is 10.2. The Morgan fingerprint density at radius 3 is 2.59 bits per heavy atom. The number of amides is 3. The number of rotatable bonds is 1. The van der Waals surface area contributed by atoms with Crippen molar-refractivity contribution in [3.63, 3.8) is 0 Å². The van der Waals surface area contributed by atoms with Crippen LogP contribution in [0.15, 0.2) is 4.99 Å². The molecule has 0 aromatic rings. The van der Waals surface area contributed by atoms with Crippen molar-refractivity contribution in [2.45, 2.75) is 38.8 Å². The lowest BCUT2D eigenvalue weighted by Gasteiger charge is -2.30. The average molecular weight is 310 g/mol. The van der Waals surface area contributed by atoms with E-state index in [4.69, 9.17) is 4.74 Å². The molecule has 122 valence electrons. The summed E-state index contributed by atoms with van der Waals surface area (Å²) < 4.78 is 5.33. The molecule has 1 unspecified atom stereocenters. The summed E-state index contributed by atoms with van der Waals surface area (Å²) in [5.41, 5.74) is -0.560. The standard InChI is InChI=1S/C14H22N4O4/c1-14(2,3)22-13(21)18-6-5-15-10(8-18)16-9-7-11(19)17(4)12(9)20/h9H,5-8H2,1-4H3,(H,15,16). The molecule has 0 spiro atoms. The molecular formula is C14H22N4O4. The third kappa shape index (κ3) is 3.75. The predicted molar refractivity (Wildman–Crippen MR) is 79.4 cm³/mol. The molecule has 0 aromatic heterocycles. The molecular weight excluding hydrogens is 288 g/mol. The lowest BCUT2D eigenvalue weighted by atomic mass is 10.2. The number of nitrogens with one attached hydrogen (secondary N) is 1. The van der Waals surface area contributed by atoms with E-state index in [1.54, 1.807) is 20.8 Å². The van der Waals surface area contributed by atoms with Crippen LogP contribution in [0.4, 0.5) is 4.79 Å². The van der Waals surface area contributed by atoms with E-state index >= 15 is 0 Å². The van der Waals surface area contributed by atoms with E-state index in [1.807, 2.05) is 0 Å². The van der Waals surface area contributed by atoms with Crippen molar-refractivity contribution in [2.75, 3.05) is 26.7 Å². The van der Waals surface area contributed by atoms with E-state index in [2.05, 4.69) is 10.3 Å². The van der Waals surface area contributed by atoms with Gasteiger partial charge in [0, 0.05) is 13.6 Å². The molecule has 8 nitrogen and oxygen atoms in total. The van der Waals surface area contributed by atoms with Gasteiger partial charge < -0.3 is 10.1 Å². The van der Waals surface area contributed by atoms with E-state index in [-0.39, 0.29) is 24.8 Å². The van der Waals surface area contributed by atoms with Gasteiger partial charge in [0.15, 0.2) is 0 Å². The number of hydrogen-bond donors (Lipinski definition) is 1. The Kier molecular flexibility index (Phi) is 4.39. The van der Waals surface area contributed by atoms with Gasteiger partial charge in [0.1, 0.15) is 17.5 Å². The molecule has 1 fully saturated rings. The van der Waals surface area contributed by atoms with Crippen molar-refractivity contribution in [3.05, 3.63) is 0 Å². The topological polar surface area (TPSA) is 91.3 Å². The summed E-state index contributed by atoms with van der Waals surface area (Å²) in [6, 6.07) is -0.602. The second-order valence-electron chi connectivity index (χ2n) is 6.42. The van der Waals surface area contributed by atoms with Crippen molar-refractivity contribution in [2.24, 2.45) is 4.99 Å². The highest BCUT2D eigenvalue weighted by molar-refractivity contribution is 6.07. The number of ether oxygens (including phenoxy) is 1. The van der Waals surface area contributed by atoms with Crippen LogP contribution >= 0.6 is 0 Å². The van der Waals surface area contributed by atoms with Crippen LogP contribution in [0, 0.1) is 0 Å². The molecule has 2 aliphatic heterocycles. The third-order valence-corrected chi connectivity index (χ3v) is 3.39. The van der Waals surface area contributed by atoms with Gasteiger partial charge in [-0.3, -0.25) is 24.4 Å². The number of carbonyl (C=O) groups excluding carboxylic acids is 3. The van der Waals surface area contributed by atoms with Crippen LogP contribution in [-0.4, -0.2) is 71.9 Å². The third-order valence-electron chi connectivity index (χ3n) is 3.39. The first kappa shape index (κ1) is 16.3. The van der Waals surface area contributed by atoms with Gasteiger partial charge in [-0.25, -0.2) is 4.79 Å². The average Bonchev–Trinajstić information content (AvgIpc) is 2.65. The second kappa shape index (κ2) is 5.94. The molecule has 2 heterocycles. The monoisotopic (exact) mass is 310 g/mol. The van der Waals surface area contributed by atoms with Crippen molar-refractivity contribution >= 4 is 23.7 Å². The molecule has 1 saturated heterocycles. The van der Waals surface area contributed by atoms with Crippen LogP contribution in [-0.2, 0) is 14.3 Å². The highest BCUT2D eigenvalue weighted by Gasteiger charge is 2.37. The van der Waals surface area contributed by atoms with Gasteiger partial charge in [0.2, 0.25) is 5.91 Å². The summed E-state index contributed by atoms with van der Waals surface area (Å²) in [5.74, 6) is 0.0311. The Bertz CT molecular complexity index is 523. The van der Waals surface area contributed by atoms with Crippen molar-refractivity contribution in [3.8, 4) is 0 Å². The van der Waals surface area contributed by atoms with Crippen LogP contribution in [0.5, 0.6) is 0 Å². The zero-order chi connectivity index (χ0) is 16.5. The Morgan fingerprint density at radius 1 is 1.36 bits per heavy atom. The molecule has 0 aliphatic carbocycles. The van der Waals surface area contributed by atoms with Crippen LogP contribution in [0.25, 0.3) is 0 Å². The Morgan fingerprint density at radius 2 is 2.05 bits per heavy atom. The fourth-order valence-electron chi connectivity index (χ4n) is 2.26. The summed E-state index contributed by atoms with van der Waals surface area (Å²) in [5, 5.41) is 2.96. The van der Waals surface area contributed by atoms with Gasteiger partial charge in [0.05, 0.1) is 19.5 Å². The molecule has 0 saturated carbocycles. The minimum atomic E-state index is -0.602. The van der Waals surface area contributed by atoms with E-state index in [9.17, 15) is 14.4 Å². The molecule has 0 aromatic carbocycles. The van der Waals surface area contributed by atoms with Gasteiger partial charge >= 0.3 is 6.09 Å². The largest absolute Gasteiger partial charge is 0.444 e. The maximum atomic E-state index is 12.1. The first-order valence-electron chi connectivity index (χ1n) is 7.25. The van der Waals surface area contributed by atoms with Crippen molar-refractivity contribution < 1.29 is 19.1 Å². The molecule has 1 N–H and O–H groups in total. The molecule has 8 heteroatoms. The van der Waals surface area contributed by atoms with Crippen LogP contribution < -0.4 is 5.32 Å². The van der Waals surface area contributed by atoms with Crippen LogP contribution in [0.3, 0.4) is 0 Å². The zero-order valence-corrected chi connectivity index (χ0v) is 13.4. The molecule has 0 bridgehead atoms. The lowest BCUT2D eigenvalue weighted by molar-refractivity contribution is -0.137. The van der Waals surface area contributed by atoms with Gasteiger partial charge in [-0.1, -0.05) is 0 Å². The highest BCUT2D eigenvalue weighted by atomic mass is 16.6. The Hall–Kier alpha value is -2.12. The number of aliphatic imine (C=N–C) groups is 1. The van der Waals surface area contributed by atoms with Crippen LogP contribution in [0.1, 0.15) is 27.2 Å². The molecule has 22 heavy (non-hydrogen) atoms. The van der Waals surface area contributed by atoms with E-state index < -0.39 is 17.7 Å². The predicted octanol–water partition coefficient (Wildman–Crippen LogP) is -0.0175. The van der Waals surface area contributed by atoms with Gasteiger partial charge in [-0.2, -0.15) is 0 Å². The number of carbonyl (C=O) groups is 3. The zero-order valence-electron chi connectivity index (χ0n) is 13.4. The smallest absolute Gasteiger partial charge is 0.410 e. The molecule has 0 radical (unpaired) electrons. The SMILES string of the molecule is CN1C(=O)CC(NC2=NCCN(C(=O)OC(C)(C)C)C2)C1=O. The molecule has 1 atom stereocenters. The highest BCUT2D eigenvalue weighted by Crippen LogP contribution is 2.13. The van der Waals surface area contributed by atoms with Gasteiger partial charge in [-0.15, -0.1) is 0 Å².